The lowest BCUT2D eigenvalue weighted by molar-refractivity contribution is -0.252. The largest absolute Gasteiger partial charge is 0.382 e. The van der Waals surface area contributed by atoms with E-state index in [-0.39, 0.29) is 17.6 Å². The van der Waals surface area contributed by atoms with Crippen LogP contribution in [-0.4, -0.2) is 53.1 Å². The Bertz CT molecular complexity index is 672. The van der Waals surface area contributed by atoms with Crippen molar-refractivity contribution >= 4 is 0 Å². The molecule has 3 heterocycles. The van der Waals surface area contributed by atoms with Crippen molar-refractivity contribution < 1.29 is 14.3 Å². The van der Waals surface area contributed by atoms with Gasteiger partial charge in [0, 0.05) is 25.3 Å². The van der Waals surface area contributed by atoms with E-state index < -0.39 is 17.5 Å². The van der Waals surface area contributed by atoms with Crippen molar-refractivity contribution in [1.82, 2.24) is 14.6 Å². The second-order valence-electron chi connectivity index (χ2n) is 6.12. The van der Waals surface area contributed by atoms with Crippen LogP contribution in [0.2, 0.25) is 0 Å². The lowest BCUT2D eigenvalue weighted by atomic mass is 9.88. The van der Waals surface area contributed by atoms with E-state index in [1.807, 2.05) is 5.06 Å². The molecule has 4 atom stereocenters. The number of nitrogens with one attached hydrogen (secondary N) is 1. The Labute approximate surface area is 133 Å². The molecule has 2 fully saturated rings. The molecule has 0 aliphatic carbocycles. The number of hydrogen-bond acceptors (Lipinski definition) is 6. The van der Waals surface area contributed by atoms with Gasteiger partial charge in [0.2, 0.25) is 0 Å². The van der Waals surface area contributed by atoms with Crippen LogP contribution in [0.25, 0.3) is 0 Å². The minimum absolute atomic E-state index is 0.0876. The molecule has 23 heavy (non-hydrogen) atoms. The van der Waals surface area contributed by atoms with Crippen LogP contribution < -0.4 is 11.2 Å². The SMILES string of the molecule is CC[C@@]12CN(OCCOC)[C@@H]([C@H](n3ccc(=O)[nH]c3=O)O1)[C@@H]2C. The first kappa shape index (κ1) is 16.4. The molecule has 2 aliphatic heterocycles. The Hall–Kier alpha value is -1.48. The van der Waals surface area contributed by atoms with Crippen LogP contribution in [0.1, 0.15) is 26.5 Å². The lowest BCUT2D eigenvalue weighted by Gasteiger charge is -2.36. The van der Waals surface area contributed by atoms with Crippen LogP contribution in [0, 0.1) is 5.92 Å². The molecule has 0 saturated carbocycles. The van der Waals surface area contributed by atoms with Gasteiger partial charge >= 0.3 is 5.69 Å². The summed E-state index contributed by atoms with van der Waals surface area (Å²) >= 11 is 0. The maximum atomic E-state index is 12.1. The van der Waals surface area contributed by atoms with E-state index >= 15 is 0 Å². The maximum absolute atomic E-state index is 12.1. The molecule has 8 heteroatoms. The number of aromatic amines is 1. The van der Waals surface area contributed by atoms with Gasteiger partial charge in [0.15, 0.2) is 6.23 Å². The summed E-state index contributed by atoms with van der Waals surface area (Å²) in [5.74, 6) is 0.207. The van der Waals surface area contributed by atoms with Gasteiger partial charge < -0.3 is 9.47 Å². The third-order valence-corrected chi connectivity index (χ3v) is 5.01. The molecule has 1 aromatic rings. The van der Waals surface area contributed by atoms with E-state index in [4.69, 9.17) is 14.3 Å². The van der Waals surface area contributed by atoms with Gasteiger partial charge in [0.25, 0.3) is 5.56 Å². The first-order chi connectivity index (χ1) is 11.0. The molecule has 2 saturated heterocycles. The standard InChI is InChI=1S/C15H23N3O5/c1-4-15-9-18(22-8-7-21-3)12(10(15)2)13(23-15)17-6-5-11(19)16-14(17)20/h5-6,10,12-13H,4,7-9H2,1-3H3,(H,16,19,20)/t10-,12+,13+,15-/m0/s1. The van der Waals surface area contributed by atoms with E-state index in [9.17, 15) is 9.59 Å². The Morgan fingerprint density at radius 2 is 2.22 bits per heavy atom. The molecule has 1 aromatic heterocycles. The number of morpholine rings is 1. The number of nitrogens with zero attached hydrogens (tertiary/aromatic N) is 2. The van der Waals surface area contributed by atoms with Crippen LogP contribution >= 0.6 is 0 Å². The Morgan fingerprint density at radius 1 is 1.43 bits per heavy atom. The summed E-state index contributed by atoms with van der Waals surface area (Å²) in [6.07, 6.45) is 1.82. The van der Waals surface area contributed by atoms with Crippen LogP contribution in [0.5, 0.6) is 0 Å². The number of hydrogen-bond donors (Lipinski definition) is 1. The summed E-state index contributed by atoms with van der Waals surface area (Å²) in [4.78, 5) is 31.5. The van der Waals surface area contributed by atoms with Gasteiger partial charge in [-0.2, -0.15) is 5.06 Å². The highest BCUT2D eigenvalue weighted by molar-refractivity contribution is 5.08. The number of aromatic nitrogens is 2. The minimum atomic E-state index is -0.481. The van der Waals surface area contributed by atoms with E-state index in [1.165, 1.54) is 16.8 Å². The first-order valence-corrected chi connectivity index (χ1v) is 7.90. The number of methoxy groups -OCH3 is 1. The van der Waals surface area contributed by atoms with Gasteiger partial charge in [-0.15, -0.1) is 0 Å². The quantitative estimate of drug-likeness (QED) is 0.747. The maximum Gasteiger partial charge on any atom is 0.330 e. The van der Waals surface area contributed by atoms with E-state index in [1.54, 1.807) is 7.11 Å². The van der Waals surface area contributed by atoms with Crippen LogP contribution in [0.4, 0.5) is 0 Å². The van der Waals surface area contributed by atoms with Crippen molar-refractivity contribution in [2.24, 2.45) is 5.92 Å². The summed E-state index contributed by atoms with van der Waals surface area (Å²) in [6, 6.07) is 1.24. The molecule has 2 bridgehead atoms. The number of fused-ring (bicyclic) bond motifs is 2. The highest BCUT2D eigenvalue weighted by atomic mass is 16.7. The zero-order chi connectivity index (χ0) is 16.6. The Morgan fingerprint density at radius 3 is 2.83 bits per heavy atom. The number of hydroxylamine groups is 2. The fourth-order valence-electron chi connectivity index (χ4n) is 3.65. The summed E-state index contributed by atoms with van der Waals surface area (Å²) in [5.41, 5.74) is -1.23. The fraction of sp³-hybridized carbons (Fsp3) is 0.733. The second-order valence-corrected chi connectivity index (χ2v) is 6.12. The van der Waals surface area contributed by atoms with Crippen LogP contribution in [0.15, 0.2) is 21.9 Å². The molecule has 0 spiro atoms. The topological polar surface area (TPSA) is 85.8 Å². The van der Waals surface area contributed by atoms with Gasteiger partial charge in [-0.1, -0.05) is 13.8 Å². The number of ether oxygens (including phenoxy) is 2. The molecule has 0 unspecified atom stereocenters. The number of rotatable bonds is 6. The van der Waals surface area contributed by atoms with Crippen LogP contribution in [-0.2, 0) is 14.3 Å². The van der Waals surface area contributed by atoms with Crippen molar-refractivity contribution in [1.29, 1.82) is 0 Å². The molecular formula is C15H23N3O5. The van der Waals surface area contributed by atoms with Crippen molar-refractivity contribution in [3.63, 3.8) is 0 Å². The smallest absolute Gasteiger partial charge is 0.330 e. The van der Waals surface area contributed by atoms with E-state index in [0.717, 1.165) is 6.42 Å². The highest BCUT2D eigenvalue weighted by Crippen LogP contribution is 2.51. The molecule has 2 aliphatic rings. The summed E-state index contributed by atoms with van der Waals surface area (Å²) < 4.78 is 12.7. The monoisotopic (exact) mass is 325 g/mol. The highest BCUT2D eigenvalue weighted by Gasteiger charge is 2.62. The normalized spacial score (nSPS) is 33.4. The predicted octanol–water partition coefficient (Wildman–Crippen LogP) is 0.113. The summed E-state index contributed by atoms with van der Waals surface area (Å²) in [7, 11) is 1.63. The van der Waals surface area contributed by atoms with E-state index in [0.29, 0.717) is 19.8 Å². The van der Waals surface area contributed by atoms with Crippen molar-refractivity contribution in [3.8, 4) is 0 Å². The van der Waals surface area contributed by atoms with Crippen LogP contribution in [0.3, 0.4) is 0 Å². The van der Waals surface area contributed by atoms with Gasteiger partial charge in [-0.05, 0) is 6.42 Å². The molecular weight excluding hydrogens is 302 g/mol. The third kappa shape index (κ3) is 2.65. The fourth-order valence-corrected chi connectivity index (χ4v) is 3.65. The molecule has 0 amide bonds. The first-order valence-electron chi connectivity index (χ1n) is 7.90. The minimum Gasteiger partial charge on any atom is -0.382 e. The average molecular weight is 325 g/mol. The molecule has 1 N–H and O–H groups in total. The van der Waals surface area contributed by atoms with Gasteiger partial charge in [-0.3, -0.25) is 19.2 Å². The van der Waals surface area contributed by atoms with Crippen molar-refractivity contribution in [2.45, 2.75) is 38.1 Å². The molecule has 3 rings (SSSR count). The van der Waals surface area contributed by atoms with Gasteiger partial charge in [0.05, 0.1) is 31.4 Å². The molecule has 0 aromatic carbocycles. The lowest BCUT2D eigenvalue weighted by Crippen LogP contribution is -2.48. The molecule has 8 nitrogen and oxygen atoms in total. The third-order valence-electron chi connectivity index (χ3n) is 5.01. The molecule has 128 valence electrons. The number of H-pyrrole nitrogens is 1. The van der Waals surface area contributed by atoms with Gasteiger partial charge in [0.1, 0.15) is 0 Å². The zero-order valence-corrected chi connectivity index (χ0v) is 13.7. The van der Waals surface area contributed by atoms with Crippen molar-refractivity contribution in [2.75, 3.05) is 26.9 Å². The Balaban J connectivity index is 1.90. The molecule has 0 radical (unpaired) electrons. The predicted molar refractivity (Wildman–Crippen MR) is 82.0 cm³/mol. The average Bonchev–Trinajstić information content (AvgIpc) is 2.95. The van der Waals surface area contributed by atoms with Gasteiger partial charge in [-0.25, -0.2) is 4.79 Å². The second kappa shape index (κ2) is 6.20. The zero-order valence-electron chi connectivity index (χ0n) is 13.7. The van der Waals surface area contributed by atoms with E-state index in [2.05, 4.69) is 18.8 Å². The summed E-state index contributed by atoms with van der Waals surface area (Å²) in [6.45, 7) is 5.80. The van der Waals surface area contributed by atoms with Crippen molar-refractivity contribution in [3.05, 3.63) is 33.1 Å². The summed E-state index contributed by atoms with van der Waals surface area (Å²) in [5, 5.41) is 1.90. The Kier molecular flexibility index (Phi) is 4.41.